The average Bonchev–Trinajstić information content (AvgIpc) is 2.21. The van der Waals surface area contributed by atoms with Gasteiger partial charge in [0.15, 0.2) is 0 Å². The second-order valence-corrected chi connectivity index (χ2v) is 4.45. The standard InChI is InChI=1S/C11H14BrN3O2/c1-7(2)17-10-5-8(3-4-9(10)12)6-14-15-11(13)16/h3-7H,1-2H3,(H3,13,15,16). The fraction of sp³-hybridized carbons (Fsp3) is 0.273. The predicted molar refractivity (Wildman–Crippen MR) is 70.2 cm³/mol. The van der Waals surface area contributed by atoms with E-state index in [4.69, 9.17) is 10.5 Å². The van der Waals surface area contributed by atoms with Crippen molar-refractivity contribution >= 4 is 28.2 Å². The van der Waals surface area contributed by atoms with E-state index in [0.29, 0.717) is 0 Å². The topological polar surface area (TPSA) is 76.7 Å². The second-order valence-electron chi connectivity index (χ2n) is 3.59. The highest BCUT2D eigenvalue weighted by molar-refractivity contribution is 9.10. The van der Waals surface area contributed by atoms with Crippen molar-refractivity contribution in [3.63, 3.8) is 0 Å². The van der Waals surface area contributed by atoms with E-state index in [1.165, 1.54) is 6.21 Å². The molecule has 0 spiro atoms. The third-order valence-corrected chi connectivity index (χ3v) is 2.36. The molecule has 0 unspecified atom stereocenters. The molecule has 6 heteroatoms. The minimum atomic E-state index is -0.697. The van der Waals surface area contributed by atoms with Crippen LogP contribution >= 0.6 is 15.9 Å². The summed E-state index contributed by atoms with van der Waals surface area (Å²) in [5, 5.41) is 3.67. The van der Waals surface area contributed by atoms with Gasteiger partial charge in [-0.15, -0.1) is 0 Å². The van der Waals surface area contributed by atoms with E-state index in [9.17, 15) is 4.79 Å². The number of primary amides is 1. The van der Waals surface area contributed by atoms with Crippen LogP contribution in [0.5, 0.6) is 5.75 Å². The number of carbonyl (C=O) groups is 1. The fourth-order valence-electron chi connectivity index (χ4n) is 1.11. The number of urea groups is 1. The number of hydrazone groups is 1. The molecule has 0 bridgehead atoms. The normalized spacial score (nSPS) is 10.8. The molecule has 1 aromatic carbocycles. The number of benzene rings is 1. The van der Waals surface area contributed by atoms with Gasteiger partial charge in [-0.2, -0.15) is 5.10 Å². The van der Waals surface area contributed by atoms with Crippen LogP contribution in [0.3, 0.4) is 0 Å². The summed E-state index contributed by atoms with van der Waals surface area (Å²) in [7, 11) is 0. The van der Waals surface area contributed by atoms with Crippen molar-refractivity contribution in [3.8, 4) is 5.75 Å². The Kier molecular flexibility index (Phi) is 4.96. The first-order valence-corrected chi connectivity index (χ1v) is 5.83. The van der Waals surface area contributed by atoms with Crippen molar-refractivity contribution in [2.24, 2.45) is 10.8 Å². The minimum absolute atomic E-state index is 0.0854. The van der Waals surface area contributed by atoms with Gasteiger partial charge in [-0.05, 0) is 47.5 Å². The lowest BCUT2D eigenvalue weighted by molar-refractivity contribution is 0.241. The van der Waals surface area contributed by atoms with Crippen molar-refractivity contribution in [2.75, 3.05) is 0 Å². The molecule has 0 heterocycles. The van der Waals surface area contributed by atoms with Crippen LogP contribution in [0.1, 0.15) is 19.4 Å². The Hall–Kier alpha value is -1.56. The Morgan fingerprint density at radius 3 is 2.88 bits per heavy atom. The number of amides is 2. The summed E-state index contributed by atoms with van der Waals surface area (Å²) in [4.78, 5) is 10.4. The summed E-state index contributed by atoms with van der Waals surface area (Å²) < 4.78 is 6.46. The van der Waals surface area contributed by atoms with Crippen LogP contribution in [0.4, 0.5) is 4.79 Å². The Bertz CT molecular complexity index is 433. The third kappa shape index (κ3) is 4.86. The molecule has 0 saturated heterocycles. The van der Waals surface area contributed by atoms with Crippen molar-refractivity contribution in [3.05, 3.63) is 28.2 Å². The SMILES string of the molecule is CC(C)Oc1cc(C=NNC(N)=O)ccc1Br. The first-order chi connectivity index (χ1) is 7.99. The van der Waals surface area contributed by atoms with Gasteiger partial charge in [0, 0.05) is 0 Å². The zero-order chi connectivity index (χ0) is 12.8. The molecule has 0 aliphatic rings. The zero-order valence-electron chi connectivity index (χ0n) is 9.61. The van der Waals surface area contributed by atoms with Gasteiger partial charge in [0.25, 0.3) is 0 Å². The van der Waals surface area contributed by atoms with Gasteiger partial charge in [-0.1, -0.05) is 6.07 Å². The quantitative estimate of drug-likeness (QED) is 0.661. The Morgan fingerprint density at radius 2 is 2.29 bits per heavy atom. The van der Waals surface area contributed by atoms with Gasteiger partial charge in [-0.25, -0.2) is 10.2 Å². The number of ether oxygens (including phenoxy) is 1. The van der Waals surface area contributed by atoms with E-state index in [1.54, 1.807) is 0 Å². The number of nitrogens with one attached hydrogen (secondary N) is 1. The Labute approximate surface area is 108 Å². The number of carbonyl (C=O) groups excluding carboxylic acids is 1. The lowest BCUT2D eigenvalue weighted by atomic mass is 10.2. The molecule has 0 fully saturated rings. The maximum atomic E-state index is 10.4. The summed E-state index contributed by atoms with van der Waals surface area (Å²) >= 11 is 3.39. The van der Waals surface area contributed by atoms with E-state index in [1.807, 2.05) is 32.0 Å². The number of rotatable bonds is 4. The lowest BCUT2D eigenvalue weighted by Crippen LogP contribution is -2.24. The highest BCUT2D eigenvalue weighted by atomic mass is 79.9. The average molecular weight is 300 g/mol. The summed E-state index contributed by atoms with van der Waals surface area (Å²) in [5.74, 6) is 0.725. The molecule has 0 radical (unpaired) electrons. The van der Waals surface area contributed by atoms with Gasteiger partial charge in [-0.3, -0.25) is 0 Å². The molecule has 0 aliphatic carbocycles. The van der Waals surface area contributed by atoms with E-state index >= 15 is 0 Å². The molecule has 1 aromatic rings. The molecule has 0 saturated carbocycles. The minimum Gasteiger partial charge on any atom is -0.490 e. The highest BCUT2D eigenvalue weighted by Crippen LogP contribution is 2.26. The van der Waals surface area contributed by atoms with E-state index in [0.717, 1.165) is 15.8 Å². The van der Waals surface area contributed by atoms with Crippen molar-refractivity contribution < 1.29 is 9.53 Å². The molecule has 5 nitrogen and oxygen atoms in total. The van der Waals surface area contributed by atoms with Crippen molar-refractivity contribution in [1.82, 2.24) is 5.43 Å². The largest absolute Gasteiger partial charge is 0.490 e. The first kappa shape index (κ1) is 13.5. The maximum Gasteiger partial charge on any atom is 0.332 e. The van der Waals surface area contributed by atoms with Crippen LogP contribution in [0.25, 0.3) is 0 Å². The molecule has 0 aromatic heterocycles. The van der Waals surface area contributed by atoms with E-state index < -0.39 is 6.03 Å². The van der Waals surface area contributed by atoms with Crippen LogP contribution in [0, 0.1) is 0 Å². The molecule has 1 rings (SSSR count). The van der Waals surface area contributed by atoms with Crippen LogP contribution in [-0.2, 0) is 0 Å². The molecule has 17 heavy (non-hydrogen) atoms. The van der Waals surface area contributed by atoms with Gasteiger partial charge in [0.2, 0.25) is 0 Å². The summed E-state index contributed by atoms with van der Waals surface area (Å²) in [6.45, 7) is 3.89. The van der Waals surface area contributed by atoms with Crippen LogP contribution in [-0.4, -0.2) is 18.3 Å². The second kappa shape index (κ2) is 6.24. The summed E-state index contributed by atoms with van der Waals surface area (Å²) in [6, 6.07) is 4.81. The molecule has 3 N–H and O–H groups in total. The van der Waals surface area contributed by atoms with Gasteiger partial charge in [0.1, 0.15) is 5.75 Å². The first-order valence-electron chi connectivity index (χ1n) is 5.03. The number of nitrogens with zero attached hydrogens (tertiary/aromatic N) is 1. The smallest absolute Gasteiger partial charge is 0.332 e. The van der Waals surface area contributed by atoms with Crippen LogP contribution in [0.2, 0.25) is 0 Å². The molecule has 0 atom stereocenters. The molecular weight excluding hydrogens is 286 g/mol. The van der Waals surface area contributed by atoms with Gasteiger partial charge < -0.3 is 10.5 Å². The molecular formula is C11H14BrN3O2. The van der Waals surface area contributed by atoms with Gasteiger partial charge >= 0.3 is 6.03 Å². The zero-order valence-corrected chi connectivity index (χ0v) is 11.2. The van der Waals surface area contributed by atoms with E-state index in [-0.39, 0.29) is 6.10 Å². The van der Waals surface area contributed by atoms with Crippen LogP contribution in [0.15, 0.2) is 27.8 Å². The molecule has 2 amide bonds. The Balaban J connectivity index is 2.81. The lowest BCUT2D eigenvalue weighted by Gasteiger charge is -2.11. The Morgan fingerprint density at radius 1 is 1.59 bits per heavy atom. The molecule has 92 valence electrons. The summed E-state index contributed by atoms with van der Waals surface area (Å²) in [6.07, 6.45) is 1.58. The number of nitrogens with two attached hydrogens (primary N) is 1. The summed E-state index contributed by atoms with van der Waals surface area (Å²) in [5.41, 5.74) is 7.81. The highest BCUT2D eigenvalue weighted by Gasteiger charge is 2.04. The fourth-order valence-corrected chi connectivity index (χ4v) is 1.46. The third-order valence-electron chi connectivity index (χ3n) is 1.71. The predicted octanol–water partition coefficient (Wildman–Crippen LogP) is 2.24. The van der Waals surface area contributed by atoms with Gasteiger partial charge in [0.05, 0.1) is 16.8 Å². The monoisotopic (exact) mass is 299 g/mol. The number of hydrogen-bond acceptors (Lipinski definition) is 3. The maximum absolute atomic E-state index is 10.4. The number of halogens is 1. The number of hydrogen-bond donors (Lipinski definition) is 2. The van der Waals surface area contributed by atoms with E-state index in [2.05, 4.69) is 26.5 Å². The van der Waals surface area contributed by atoms with Crippen molar-refractivity contribution in [1.29, 1.82) is 0 Å². The van der Waals surface area contributed by atoms with Crippen LogP contribution < -0.4 is 15.9 Å². The van der Waals surface area contributed by atoms with Crippen molar-refractivity contribution in [2.45, 2.75) is 20.0 Å². The molecule has 0 aliphatic heterocycles.